The highest BCUT2D eigenvalue weighted by Crippen LogP contribution is 2.42. The summed E-state index contributed by atoms with van der Waals surface area (Å²) in [6.07, 6.45) is 0.217. The summed E-state index contributed by atoms with van der Waals surface area (Å²) in [6, 6.07) is 13.4. The Morgan fingerprint density at radius 2 is 1.66 bits per heavy atom. The first-order valence-electron chi connectivity index (χ1n) is 9.57. The number of nitrogens with zero attached hydrogens (tertiary/aromatic N) is 1. The zero-order valence-corrected chi connectivity index (χ0v) is 17.0. The van der Waals surface area contributed by atoms with Crippen LogP contribution in [0.4, 0.5) is 5.69 Å². The Balaban J connectivity index is 2.06. The van der Waals surface area contributed by atoms with E-state index < -0.39 is 17.7 Å². The van der Waals surface area contributed by atoms with Crippen LogP contribution in [0.3, 0.4) is 0 Å². The monoisotopic (exact) mass is 395 g/mol. The van der Waals surface area contributed by atoms with Gasteiger partial charge in [0.2, 0.25) is 0 Å². The van der Waals surface area contributed by atoms with Gasteiger partial charge in [0.1, 0.15) is 11.5 Å². The zero-order chi connectivity index (χ0) is 21.1. The number of Topliss-reactive ketones (excluding diaryl/α,β-unsaturated/α-hetero) is 1. The van der Waals surface area contributed by atoms with Gasteiger partial charge in [-0.15, -0.1) is 0 Å². The number of benzene rings is 2. The Morgan fingerprint density at radius 3 is 2.17 bits per heavy atom. The van der Waals surface area contributed by atoms with Crippen LogP contribution >= 0.6 is 0 Å². The lowest BCUT2D eigenvalue weighted by molar-refractivity contribution is -0.118. The third-order valence-corrected chi connectivity index (χ3v) is 4.75. The summed E-state index contributed by atoms with van der Waals surface area (Å²) in [7, 11) is 1.57. The maximum absolute atomic E-state index is 12.9. The molecule has 1 heterocycles. The van der Waals surface area contributed by atoms with Crippen molar-refractivity contribution >= 4 is 17.4 Å². The number of carbonyl (C=O) groups excluding carboxylic acids is 2. The second kappa shape index (κ2) is 8.39. The number of hydrogen-bond donors (Lipinski definition) is 1. The number of methoxy groups -OCH3 is 1. The van der Waals surface area contributed by atoms with E-state index >= 15 is 0 Å². The van der Waals surface area contributed by atoms with E-state index in [-0.39, 0.29) is 23.9 Å². The van der Waals surface area contributed by atoms with Crippen LogP contribution in [0.2, 0.25) is 0 Å². The maximum atomic E-state index is 12.9. The molecule has 0 saturated carbocycles. The Bertz CT molecular complexity index is 929. The molecule has 0 bridgehead atoms. The molecule has 2 aromatic rings. The summed E-state index contributed by atoms with van der Waals surface area (Å²) < 4.78 is 10.9. The Morgan fingerprint density at radius 1 is 1.07 bits per heavy atom. The molecule has 1 aliphatic heterocycles. The molecule has 1 unspecified atom stereocenters. The average molecular weight is 395 g/mol. The minimum absolute atomic E-state index is 0.0285. The highest BCUT2D eigenvalue weighted by atomic mass is 16.5. The average Bonchev–Trinajstić information content (AvgIpc) is 2.98. The summed E-state index contributed by atoms with van der Waals surface area (Å²) in [6.45, 7) is 5.57. The van der Waals surface area contributed by atoms with Crippen molar-refractivity contribution in [3.05, 3.63) is 65.4 Å². The van der Waals surface area contributed by atoms with Crippen molar-refractivity contribution in [2.45, 2.75) is 39.3 Å². The molecule has 2 aromatic carbocycles. The number of rotatable bonds is 7. The lowest BCUT2D eigenvalue weighted by Gasteiger charge is -2.27. The number of aliphatic hydroxyl groups excluding tert-OH is 1. The van der Waals surface area contributed by atoms with Gasteiger partial charge >= 0.3 is 0 Å². The minimum atomic E-state index is -0.710. The number of amides is 1. The van der Waals surface area contributed by atoms with Crippen molar-refractivity contribution in [1.29, 1.82) is 0 Å². The van der Waals surface area contributed by atoms with E-state index in [0.29, 0.717) is 22.7 Å². The molecule has 6 heteroatoms. The van der Waals surface area contributed by atoms with E-state index in [2.05, 4.69) is 0 Å². The molecule has 0 aromatic heterocycles. The summed E-state index contributed by atoms with van der Waals surface area (Å²) in [5.74, 6) is -0.0194. The molecule has 6 nitrogen and oxygen atoms in total. The van der Waals surface area contributed by atoms with Crippen LogP contribution in [0.25, 0.3) is 0 Å². The topological polar surface area (TPSA) is 76.1 Å². The number of ketones is 1. The second-order valence-corrected chi connectivity index (χ2v) is 7.05. The Labute approximate surface area is 170 Å². The number of carbonyl (C=O) groups is 2. The van der Waals surface area contributed by atoms with E-state index in [0.717, 1.165) is 0 Å². The standard InChI is InChI=1S/C23H25NO5/c1-5-19(25)20-21(15-6-10-17(28-4)11-7-15)24(23(27)22(20)26)16-8-12-18(13-9-16)29-14(2)3/h6-14,21,26H,5H2,1-4H3. The largest absolute Gasteiger partial charge is 0.503 e. The molecular weight excluding hydrogens is 370 g/mol. The zero-order valence-electron chi connectivity index (χ0n) is 17.0. The van der Waals surface area contributed by atoms with E-state index in [1.807, 2.05) is 13.8 Å². The summed E-state index contributed by atoms with van der Waals surface area (Å²) in [4.78, 5) is 26.9. The van der Waals surface area contributed by atoms with Gasteiger partial charge in [-0.3, -0.25) is 14.5 Å². The smallest absolute Gasteiger partial charge is 0.294 e. The lowest BCUT2D eigenvalue weighted by Crippen LogP contribution is -2.31. The van der Waals surface area contributed by atoms with E-state index in [9.17, 15) is 14.7 Å². The third-order valence-electron chi connectivity index (χ3n) is 4.75. The molecule has 1 amide bonds. The first-order valence-corrected chi connectivity index (χ1v) is 9.57. The van der Waals surface area contributed by atoms with Crippen LogP contribution in [0.15, 0.2) is 59.9 Å². The van der Waals surface area contributed by atoms with Crippen molar-refractivity contribution < 1.29 is 24.2 Å². The third kappa shape index (κ3) is 3.97. The molecule has 29 heavy (non-hydrogen) atoms. The lowest BCUT2D eigenvalue weighted by atomic mass is 9.95. The molecule has 1 atom stereocenters. The van der Waals surface area contributed by atoms with Crippen LogP contribution in [0, 0.1) is 0 Å². The molecule has 3 rings (SSSR count). The van der Waals surface area contributed by atoms with Gasteiger partial charge < -0.3 is 14.6 Å². The van der Waals surface area contributed by atoms with Gasteiger partial charge in [-0.25, -0.2) is 0 Å². The summed E-state index contributed by atoms with van der Waals surface area (Å²) in [5, 5.41) is 10.5. The molecule has 0 radical (unpaired) electrons. The second-order valence-electron chi connectivity index (χ2n) is 7.05. The molecule has 152 valence electrons. The number of hydrogen-bond acceptors (Lipinski definition) is 5. The first-order chi connectivity index (χ1) is 13.9. The normalized spacial score (nSPS) is 16.5. The van der Waals surface area contributed by atoms with Crippen LogP contribution in [-0.4, -0.2) is 30.0 Å². The van der Waals surface area contributed by atoms with Crippen molar-refractivity contribution in [1.82, 2.24) is 0 Å². The highest BCUT2D eigenvalue weighted by Gasteiger charge is 2.43. The molecular formula is C23H25NO5. The molecule has 1 aliphatic rings. The van der Waals surface area contributed by atoms with Crippen molar-refractivity contribution in [3.63, 3.8) is 0 Å². The van der Waals surface area contributed by atoms with Crippen molar-refractivity contribution in [2.75, 3.05) is 12.0 Å². The van der Waals surface area contributed by atoms with E-state index in [1.54, 1.807) is 62.6 Å². The minimum Gasteiger partial charge on any atom is -0.503 e. The molecule has 0 saturated heterocycles. The van der Waals surface area contributed by atoms with E-state index in [1.165, 1.54) is 4.90 Å². The maximum Gasteiger partial charge on any atom is 0.294 e. The van der Waals surface area contributed by atoms with E-state index in [4.69, 9.17) is 9.47 Å². The SMILES string of the molecule is CCC(=O)C1=C(O)C(=O)N(c2ccc(OC(C)C)cc2)C1c1ccc(OC)cc1. The molecule has 0 aliphatic carbocycles. The predicted molar refractivity (Wildman–Crippen MR) is 110 cm³/mol. The predicted octanol–water partition coefficient (Wildman–Crippen LogP) is 4.36. The van der Waals surface area contributed by atoms with Crippen LogP contribution < -0.4 is 14.4 Å². The van der Waals surface area contributed by atoms with Gasteiger partial charge in [0, 0.05) is 12.1 Å². The first kappa shape index (κ1) is 20.5. The van der Waals surface area contributed by atoms with Gasteiger partial charge in [-0.2, -0.15) is 0 Å². The van der Waals surface area contributed by atoms with Gasteiger partial charge in [0.05, 0.1) is 24.8 Å². The van der Waals surface area contributed by atoms with Crippen molar-refractivity contribution in [3.8, 4) is 11.5 Å². The van der Waals surface area contributed by atoms with Crippen LogP contribution in [-0.2, 0) is 9.59 Å². The fourth-order valence-electron chi connectivity index (χ4n) is 3.41. The fourth-order valence-corrected chi connectivity index (χ4v) is 3.41. The van der Waals surface area contributed by atoms with Gasteiger partial charge in [-0.1, -0.05) is 19.1 Å². The fraction of sp³-hybridized carbons (Fsp3) is 0.304. The molecule has 1 N–H and O–H groups in total. The molecule has 0 fully saturated rings. The summed E-state index contributed by atoms with van der Waals surface area (Å²) in [5.41, 5.74) is 1.39. The van der Waals surface area contributed by atoms with Gasteiger partial charge in [-0.05, 0) is 55.8 Å². The summed E-state index contributed by atoms with van der Waals surface area (Å²) >= 11 is 0. The number of ether oxygens (including phenoxy) is 2. The number of anilines is 1. The van der Waals surface area contributed by atoms with Crippen molar-refractivity contribution in [2.24, 2.45) is 0 Å². The quantitative estimate of drug-likeness (QED) is 0.754. The van der Waals surface area contributed by atoms with Crippen LogP contribution in [0.5, 0.6) is 11.5 Å². The molecule has 0 spiro atoms. The van der Waals surface area contributed by atoms with Gasteiger partial charge in [0.15, 0.2) is 11.5 Å². The Hall–Kier alpha value is -3.28. The highest BCUT2D eigenvalue weighted by molar-refractivity contribution is 6.16. The Kier molecular flexibility index (Phi) is 5.92. The van der Waals surface area contributed by atoms with Gasteiger partial charge in [0.25, 0.3) is 5.91 Å². The van der Waals surface area contributed by atoms with Crippen LogP contribution in [0.1, 0.15) is 38.8 Å². The number of aliphatic hydroxyl groups is 1.